The first-order valence-electron chi connectivity index (χ1n) is 32.2. The molecular formula is C71H126O7. The maximum atomic E-state index is 12.1. The highest BCUT2D eigenvalue weighted by Crippen LogP contribution is 2.33. The second kappa shape index (κ2) is 64.0. The van der Waals surface area contributed by atoms with Gasteiger partial charge in [0.05, 0.1) is 19.0 Å². The van der Waals surface area contributed by atoms with Gasteiger partial charge in [0, 0.05) is 43.9 Å². The molecule has 0 saturated heterocycles. The number of Topliss-reactive ketones (excluding diaryl/α,β-unsaturated/α-hetero) is 1. The van der Waals surface area contributed by atoms with Gasteiger partial charge in [-0.3, -0.25) is 19.2 Å². The quantitative estimate of drug-likeness (QED) is 0.0149. The summed E-state index contributed by atoms with van der Waals surface area (Å²) in [6, 6.07) is 0. The Kier molecular flexibility index (Phi) is 66.2. The van der Waals surface area contributed by atoms with Crippen molar-refractivity contribution in [3.05, 3.63) is 79.8 Å². The fraction of sp³-hybridized carbons (Fsp3) is 0.746. The van der Waals surface area contributed by atoms with Crippen molar-refractivity contribution in [1.82, 2.24) is 0 Å². The van der Waals surface area contributed by atoms with Crippen molar-refractivity contribution in [2.24, 2.45) is 23.7 Å². The number of rotatable bonds is 46. The van der Waals surface area contributed by atoms with Crippen molar-refractivity contribution >= 4 is 29.1 Å². The fourth-order valence-electron chi connectivity index (χ4n) is 9.49. The van der Waals surface area contributed by atoms with Crippen molar-refractivity contribution < 1.29 is 33.4 Å². The number of allylic oxidation sites excluding steroid dienone is 8. The molecule has 0 amide bonds. The average Bonchev–Trinajstić information content (AvgIpc) is 3.44. The van der Waals surface area contributed by atoms with Gasteiger partial charge in [-0.25, -0.2) is 0 Å². The van der Waals surface area contributed by atoms with Gasteiger partial charge in [-0.05, 0) is 120 Å². The van der Waals surface area contributed by atoms with Crippen LogP contribution in [0.1, 0.15) is 307 Å². The fourth-order valence-corrected chi connectivity index (χ4v) is 9.49. The van der Waals surface area contributed by atoms with Crippen LogP contribution in [0.5, 0.6) is 0 Å². The molecule has 1 aliphatic carbocycles. The molecule has 0 aromatic rings. The van der Waals surface area contributed by atoms with E-state index in [0.717, 1.165) is 57.1 Å². The minimum Gasteiger partial charge on any atom is -0.498 e. The highest BCUT2D eigenvalue weighted by Gasteiger charge is 2.27. The Hall–Kier alpha value is -3.83. The maximum Gasteiger partial charge on any atom is 0.305 e. The SMILES string of the molecule is C=C=C(C)CCCCCCCC.C=CC(=O)C1CCCC[C@H]1CC.C=CC(=O)CC(COC(=O)CCCCCCCC)C/C(=C/C)OCCCCCCCC.C=CCC(CC(C)=O)CC(=O)/C=C\CCCCCCCC.CC. The van der Waals surface area contributed by atoms with E-state index in [1.54, 1.807) is 19.1 Å². The van der Waals surface area contributed by atoms with Crippen molar-refractivity contribution in [1.29, 1.82) is 0 Å². The molecule has 0 aliphatic heterocycles. The van der Waals surface area contributed by atoms with Gasteiger partial charge in [-0.15, -0.1) is 12.3 Å². The lowest BCUT2D eigenvalue weighted by molar-refractivity contribution is -0.145. The summed E-state index contributed by atoms with van der Waals surface area (Å²) in [5.74, 6) is 2.19. The molecule has 1 saturated carbocycles. The third-order valence-electron chi connectivity index (χ3n) is 14.3. The summed E-state index contributed by atoms with van der Waals surface area (Å²) in [7, 11) is 0. The molecule has 0 aromatic carbocycles. The van der Waals surface area contributed by atoms with E-state index < -0.39 is 0 Å². The number of carbonyl (C=O) groups is 5. The lowest BCUT2D eigenvalue weighted by Gasteiger charge is -2.28. The Morgan fingerprint density at radius 1 is 0.577 bits per heavy atom. The average molecular weight is 1090 g/mol. The molecule has 0 aromatic heterocycles. The van der Waals surface area contributed by atoms with E-state index in [2.05, 4.69) is 73.6 Å². The normalized spacial score (nSPS) is 14.4. The first-order chi connectivity index (χ1) is 37.8. The van der Waals surface area contributed by atoms with E-state index in [1.165, 1.54) is 172 Å². The molecule has 0 bridgehead atoms. The molecule has 1 rings (SSSR count). The Bertz CT molecular complexity index is 1580. The van der Waals surface area contributed by atoms with Gasteiger partial charge in [0.1, 0.15) is 5.78 Å². The summed E-state index contributed by atoms with van der Waals surface area (Å²) in [5, 5.41) is 0. The number of ketones is 4. The van der Waals surface area contributed by atoms with Crippen LogP contribution in [0.15, 0.2) is 79.8 Å². The van der Waals surface area contributed by atoms with Crippen LogP contribution in [0.4, 0.5) is 0 Å². The van der Waals surface area contributed by atoms with Crippen molar-refractivity contribution in [3.8, 4) is 0 Å². The molecule has 0 spiro atoms. The number of hydrogen-bond acceptors (Lipinski definition) is 7. The number of hydrogen-bond donors (Lipinski definition) is 0. The zero-order valence-electron chi connectivity index (χ0n) is 53.0. The third kappa shape index (κ3) is 56.9. The van der Waals surface area contributed by atoms with Crippen LogP contribution < -0.4 is 0 Å². The van der Waals surface area contributed by atoms with E-state index in [-0.39, 0.29) is 47.5 Å². The van der Waals surface area contributed by atoms with Crippen LogP contribution >= 0.6 is 0 Å². The highest BCUT2D eigenvalue weighted by atomic mass is 16.5. The summed E-state index contributed by atoms with van der Waals surface area (Å²) in [6.45, 7) is 36.1. The first-order valence-corrected chi connectivity index (χ1v) is 32.2. The molecule has 452 valence electrons. The number of carbonyl (C=O) groups excluding carboxylic acids is 5. The summed E-state index contributed by atoms with van der Waals surface area (Å²) in [5.41, 5.74) is 4.24. The molecule has 4 atom stereocenters. The monoisotopic (exact) mass is 1090 g/mol. The first kappa shape index (κ1) is 80.6. The zero-order valence-corrected chi connectivity index (χ0v) is 53.0. The molecule has 7 heteroatoms. The Labute approximate surface area is 484 Å². The van der Waals surface area contributed by atoms with Crippen LogP contribution in [0.3, 0.4) is 0 Å². The summed E-state index contributed by atoms with van der Waals surface area (Å²) in [6.07, 6.45) is 51.6. The van der Waals surface area contributed by atoms with Gasteiger partial charge in [-0.1, -0.05) is 228 Å². The van der Waals surface area contributed by atoms with E-state index in [4.69, 9.17) is 9.47 Å². The summed E-state index contributed by atoms with van der Waals surface area (Å²) < 4.78 is 11.4. The highest BCUT2D eigenvalue weighted by molar-refractivity contribution is 5.91. The standard InChI is InChI=1S/C27H48O4.C19H32O2.C12H22.C11H18O.C2H6/c1-5-9-11-13-15-17-19-27(29)31-23-24(21-25(28)7-3)22-26(8-4)30-20-18-16-14-12-10-6-2;1-4-6-7-8-9-10-11-12-14-19(21)16-18(13-5-2)15-17(3)20;1-4-6-7-8-9-10-11-12(3)5-2;1-3-9-7-5-6-8-10(9)11(12)4-2;1-2/h7-8,24H,3,5-6,9-23H2,1-2,4H3;5,12,14,18H,2,4,6-11,13,15-16H2,1,3H3;2,4,6-11H2,1,3H3;4,9-10H,2-3,5-8H2,1H3;1-2H3/b26-8-;14-12-;;;/t;;;9-,10?;/m...1./s1. The Morgan fingerprint density at radius 3 is 1.56 bits per heavy atom. The minimum absolute atomic E-state index is 0.0247. The van der Waals surface area contributed by atoms with Gasteiger partial charge >= 0.3 is 5.97 Å². The Balaban J connectivity index is -0.000000500. The lowest BCUT2D eigenvalue weighted by Crippen LogP contribution is -2.25. The molecule has 1 fully saturated rings. The lowest BCUT2D eigenvalue weighted by atomic mass is 9.76. The molecule has 0 N–H and O–H groups in total. The van der Waals surface area contributed by atoms with Crippen molar-refractivity contribution in [2.45, 2.75) is 307 Å². The van der Waals surface area contributed by atoms with Crippen LogP contribution in [-0.2, 0) is 33.4 Å². The van der Waals surface area contributed by atoms with Gasteiger partial charge in [-0.2, -0.15) is 0 Å². The van der Waals surface area contributed by atoms with Crippen LogP contribution in [0, 0.1) is 23.7 Å². The van der Waals surface area contributed by atoms with E-state index in [9.17, 15) is 24.0 Å². The van der Waals surface area contributed by atoms with Crippen molar-refractivity contribution in [3.63, 3.8) is 0 Å². The van der Waals surface area contributed by atoms with Crippen LogP contribution in [-0.4, -0.2) is 42.3 Å². The van der Waals surface area contributed by atoms with Gasteiger partial charge in [0.25, 0.3) is 0 Å². The smallest absolute Gasteiger partial charge is 0.305 e. The van der Waals surface area contributed by atoms with Gasteiger partial charge in [0.2, 0.25) is 0 Å². The van der Waals surface area contributed by atoms with Gasteiger partial charge < -0.3 is 14.3 Å². The summed E-state index contributed by atoms with van der Waals surface area (Å²) >= 11 is 0. The molecule has 0 heterocycles. The second-order valence-electron chi connectivity index (χ2n) is 21.6. The minimum atomic E-state index is -0.165. The molecule has 0 radical (unpaired) electrons. The summed E-state index contributed by atoms with van der Waals surface area (Å²) in [4.78, 5) is 58.4. The molecule has 7 nitrogen and oxygen atoms in total. The zero-order chi connectivity index (χ0) is 59.3. The topological polar surface area (TPSA) is 104 Å². The van der Waals surface area contributed by atoms with Crippen LogP contribution in [0.25, 0.3) is 0 Å². The van der Waals surface area contributed by atoms with Gasteiger partial charge in [0.15, 0.2) is 17.3 Å². The predicted molar refractivity (Wildman–Crippen MR) is 339 cm³/mol. The second-order valence-corrected chi connectivity index (χ2v) is 21.6. The Morgan fingerprint density at radius 2 is 1.08 bits per heavy atom. The third-order valence-corrected chi connectivity index (χ3v) is 14.3. The van der Waals surface area contributed by atoms with Crippen molar-refractivity contribution in [2.75, 3.05) is 13.2 Å². The molecule has 1 aliphatic rings. The molecular weight excluding hydrogens is 965 g/mol. The molecule has 3 unspecified atom stereocenters. The van der Waals surface area contributed by atoms with E-state index >= 15 is 0 Å². The number of ether oxygens (including phenoxy) is 2. The largest absolute Gasteiger partial charge is 0.498 e. The van der Waals surface area contributed by atoms with E-state index in [1.807, 2.05) is 32.9 Å². The number of esters is 1. The van der Waals surface area contributed by atoms with Crippen LogP contribution in [0.2, 0.25) is 0 Å². The number of unbranched alkanes of at least 4 members (excludes halogenated alkanes) is 21. The predicted octanol–water partition coefficient (Wildman–Crippen LogP) is 21.6. The van der Waals surface area contributed by atoms with E-state index in [0.29, 0.717) is 50.5 Å². The molecule has 78 heavy (non-hydrogen) atoms. The maximum absolute atomic E-state index is 12.1.